The average molecular weight is 302 g/mol. The maximum absolute atomic E-state index is 12.4. The molecule has 4 heteroatoms. The largest absolute Gasteiger partial charge is 0.462 e. The van der Waals surface area contributed by atoms with Gasteiger partial charge in [-0.25, -0.2) is 0 Å². The Morgan fingerprint density at radius 1 is 1.36 bits per heavy atom. The van der Waals surface area contributed by atoms with Crippen molar-refractivity contribution in [2.75, 3.05) is 0 Å². The fraction of sp³-hybridized carbons (Fsp3) is 0.778. The molecular weight excluding hydrogens is 276 g/mol. The first-order valence-corrected chi connectivity index (χ1v) is 8.57. The van der Waals surface area contributed by atoms with Crippen molar-refractivity contribution in [2.45, 2.75) is 52.1 Å². The number of aromatic nitrogens is 2. The summed E-state index contributed by atoms with van der Waals surface area (Å²) in [5.41, 5.74) is 1.62. The van der Waals surface area contributed by atoms with Crippen LogP contribution in [0.15, 0.2) is 12.4 Å². The Morgan fingerprint density at radius 3 is 2.73 bits per heavy atom. The third kappa shape index (κ3) is 2.03. The Balaban J connectivity index is 1.36. The zero-order valence-corrected chi connectivity index (χ0v) is 14.0. The first-order valence-electron chi connectivity index (χ1n) is 8.57. The van der Waals surface area contributed by atoms with Gasteiger partial charge in [-0.1, -0.05) is 20.8 Å². The molecule has 1 heterocycles. The van der Waals surface area contributed by atoms with E-state index in [0.717, 1.165) is 24.7 Å². The van der Waals surface area contributed by atoms with Gasteiger partial charge in [0.05, 0.1) is 12.1 Å². The molecule has 2 bridgehead atoms. The number of nitrogens with zero attached hydrogens (tertiary/aromatic N) is 2. The molecule has 4 nitrogen and oxygen atoms in total. The van der Waals surface area contributed by atoms with Gasteiger partial charge in [-0.15, -0.1) is 0 Å². The molecule has 0 aromatic carbocycles. The van der Waals surface area contributed by atoms with E-state index in [4.69, 9.17) is 4.74 Å². The van der Waals surface area contributed by atoms with E-state index in [9.17, 15) is 4.79 Å². The standard InChI is InChI=1S/C18H26N2O2/c1-10-15-5-12(18(15,2)3)6-16(10)22-17(21)14-7-13(14)11-8-19-20(4)9-11/h8-10,12-16H,5-7H2,1-4H3/t10-,12+,13-,14+,15+,16+/m0/s1. The van der Waals surface area contributed by atoms with Crippen molar-refractivity contribution in [3.05, 3.63) is 18.0 Å². The highest BCUT2D eigenvalue weighted by atomic mass is 16.5. The number of carbonyl (C=O) groups excluding carboxylic acids is 1. The van der Waals surface area contributed by atoms with Gasteiger partial charge in [0.2, 0.25) is 0 Å². The van der Waals surface area contributed by atoms with Crippen LogP contribution in [0.5, 0.6) is 0 Å². The van der Waals surface area contributed by atoms with Crippen molar-refractivity contribution < 1.29 is 9.53 Å². The highest BCUT2D eigenvalue weighted by Gasteiger charge is 2.58. The summed E-state index contributed by atoms with van der Waals surface area (Å²) >= 11 is 0. The maximum Gasteiger partial charge on any atom is 0.309 e. The fourth-order valence-corrected chi connectivity index (χ4v) is 4.95. The molecule has 0 spiro atoms. The lowest BCUT2D eigenvalue weighted by molar-refractivity contribution is -0.187. The first-order chi connectivity index (χ1) is 10.4. The summed E-state index contributed by atoms with van der Waals surface area (Å²) in [5, 5.41) is 4.20. The molecule has 0 amide bonds. The molecule has 22 heavy (non-hydrogen) atoms. The van der Waals surface area contributed by atoms with Crippen LogP contribution in [0.3, 0.4) is 0 Å². The second-order valence-electron chi connectivity index (χ2n) is 8.33. The van der Waals surface area contributed by atoms with Gasteiger partial charge < -0.3 is 4.74 Å². The lowest BCUT2D eigenvalue weighted by Crippen LogP contribution is -2.57. The molecule has 0 radical (unpaired) electrons. The maximum atomic E-state index is 12.4. The van der Waals surface area contributed by atoms with Crippen molar-refractivity contribution in [3.63, 3.8) is 0 Å². The number of esters is 1. The van der Waals surface area contributed by atoms with Gasteiger partial charge in [-0.2, -0.15) is 5.10 Å². The molecule has 0 unspecified atom stereocenters. The zero-order chi connectivity index (χ0) is 15.6. The van der Waals surface area contributed by atoms with E-state index in [1.807, 2.05) is 19.4 Å². The summed E-state index contributed by atoms with van der Waals surface area (Å²) in [4.78, 5) is 12.4. The van der Waals surface area contributed by atoms with Crippen molar-refractivity contribution in [1.82, 2.24) is 9.78 Å². The Bertz CT molecular complexity index is 606. The van der Waals surface area contributed by atoms with Crippen LogP contribution < -0.4 is 0 Å². The molecule has 1 aromatic rings. The number of hydrogen-bond donors (Lipinski definition) is 0. The average Bonchev–Trinajstić information content (AvgIpc) is 3.15. The van der Waals surface area contributed by atoms with Crippen molar-refractivity contribution in [1.29, 1.82) is 0 Å². The van der Waals surface area contributed by atoms with Crippen LogP contribution >= 0.6 is 0 Å². The Labute approximate surface area is 132 Å². The molecule has 0 aliphatic heterocycles. The number of carbonyl (C=O) groups is 1. The summed E-state index contributed by atoms with van der Waals surface area (Å²) in [6.07, 6.45) is 7.33. The van der Waals surface area contributed by atoms with Crippen LogP contribution in [-0.4, -0.2) is 21.9 Å². The monoisotopic (exact) mass is 302 g/mol. The predicted octanol–water partition coefficient (Wildman–Crippen LogP) is 3.14. The minimum Gasteiger partial charge on any atom is -0.462 e. The van der Waals surface area contributed by atoms with Gasteiger partial charge in [0.15, 0.2) is 0 Å². The van der Waals surface area contributed by atoms with E-state index in [-0.39, 0.29) is 18.0 Å². The summed E-state index contributed by atoms with van der Waals surface area (Å²) in [6.45, 7) is 7.02. The Hall–Kier alpha value is -1.32. The summed E-state index contributed by atoms with van der Waals surface area (Å²) < 4.78 is 7.71. The topological polar surface area (TPSA) is 44.1 Å². The van der Waals surface area contributed by atoms with E-state index in [1.165, 1.54) is 12.0 Å². The first kappa shape index (κ1) is 14.3. The van der Waals surface area contributed by atoms with Crippen LogP contribution in [0, 0.1) is 29.1 Å². The van der Waals surface area contributed by atoms with Crippen molar-refractivity contribution in [3.8, 4) is 0 Å². The van der Waals surface area contributed by atoms with Gasteiger partial charge in [0, 0.05) is 19.2 Å². The third-order valence-electron chi connectivity index (χ3n) is 6.80. The van der Waals surface area contributed by atoms with Gasteiger partial charge >= 0.3 is 5.97 Å². The molecule has 4 aliphatic rings. The molecule has 1 aromatic heterocycles. The van der Waals surface area contributed by atoms with Crippen LogP contribution in [0.2, 0.25) is 0 Å². The normalized spacial score (nSPS) is 41.6. The smallest absolute Gasteiger partial charge is 0.309 e. The molecular formula is C18H26N2O2. The number of fused-ring (bicyclic) bond motifs is 2. The van der Waals surface area contributed by atoms with Crippen molar-refractivity contribution >= 4 is 5.97 Å². The van der Waals surface area contributed by atoms with E-state index < -0.39 is 0 Å². The van der Waals surface area contributed by atoms with E-state index in [0.29, 0.717) is 17.3 Å². The highest BCUT2D eigenvalue weighted by Crippen LogP contribution is 2.62. The molecule has 4 aliphatic carbocycles. The van der Waals surface area contributed by atoms with Crippen LogP contribution in [0.1, 0.15) is 51.5 Å². The van der Waals surface area contributed by atoms with E-state index in [1.54, 1.807) is 4.68 Å². The minimum atomic E-state index is 0.0183. The van der Waals surface area contributed by atoms with Crippen molar-refractivity contribution in [2.24, 2.45) is 36.1 Å². The molecule has 6 atom stereocenters. The Morgan fingerprint density at radius 2 is 2.14 bits per heavy atom. The number of hydrogen-bond acceptors (Lipinski definition) is 3. The molecule has 0 N–H and O–H groups in total. The van der Waals surface area contributed by atoms with Crippen LogP contribution in [-0.2, 0) is 16.6 Å². The Kier molecular flexibility index (Phi) is 2.98. The lowest BCUT2D eigenvalue weighted by Gasteiger charge is -2.61. The van der Waals surface area contributed by atoms with Gasteiger partial charge in [0.1, 0.15) is 6.10 Å². The predicted molar refractivity (Wildman–Crippen MR) is 83.1 cm³/mol. The van der Waals surface area contributed by atoms with Crippen LogP contribution in [0.25, 0.3) is 0 Å². The molecule has 5 rings (SSSR count). The minimum absolute atomic E-state index is 0.0183. The second-order valence-corrected chi connectivity index (χ2v) is 8.33. The third-order valence-corrected chi connectivity index (χ3v) is 6.80. The summed E-state index contributed by atoms with van der Waals surface area (Å²) in [7, 11) is 1.91. The molecule has 4 fully saturated rings. The molecule has 0 saturated heterocycles. The van der Waals surface area contributed by atoms with Gasteiger partial charge in [-0.05, 0) is 48.0 Å². The number of rotatable bonds is 3. The molecule has 120 valence electrons. The quantitative estimate of drug-likeness (QED) is 0.806. The van der Waals surface area contributed by atoms with E-state index in [2.05, 4.69) is 25.9 Å². The lowest BCUT2D eigenvalue weighted by atomic mass is 9.45. The highest BCUT2D eigenvalue weighted by molar-refractivity contribution is 5.77. The van der Waals surface area contributed by atoms with Gasteiger partial charge in [-0.3, -0.25) is 9.48 Å². The summed E-state index contributed by atoms with van der Waals surface area (Å²) in [5.74, 6) is 2.36. The number of aryl methyl sites for hydroxylation is 1. The van der Waals surface area contributed by atoms with E-state index >= 15 is 0 Å². The van der Waals surface area contributed by atoms with Crippen LogP contribution in [0.4, 0.5) is 0 Å². The summed E-state index contributed by atoms with van der Waals surface area (Å²) in [6, 6.07) is 0. The van der Waals surface area contributed by atoms with Gasteiger partial charge in [0.25, 0.3) is 0 Å². The molecule has 4 saturated carbocycles. The second kappa shape index (κ2) is 4.59. The SMILES string of the molecule is C[C@H]1[C@H]2C[C@H](C[C@H]1OC(=O)[C@@H]1C[C@H]1c1cnn(C)c1)C2(C)C. The number of ether oxygens (including phenoxy) is 1. The zero-order valence-electron chi connectivity index (χ0n) is 14.0. The fourth-order valence-electron chi connectivity index (χ4n) is 4.95.